The van der Waals surface area contributed by atoms with E-state index in [4.69, 9.17) is 9.47 Å². The minimum Gasteiger partial charge on any atom is -0.486 e. The molecule has 2 N–H and O–H groups in total. The van der Waals surface area contributed by atoms with Crippen LogP contribution >= 0.6 is 0 Å². The van der Waals surface area contributed by atoms with Crippen molar-refractivity contribution in [1.29, 1.82) is 0 Å². The highest BCUT2D eigenvalue weighted by Gasteiger charge is 2.51. The van der Waals surface area contributed by atoms with E-state index < -0.39 is 17.8 Å². The number of aliphatic carboxylic acids is 1. The summed E-state index contributed by atoms with van der Waals surface area (Å²) in [7, 11) is 0. The molecule has 3 aliphatic rings. The topological polar surface area (TPSA) is 84.9 Å². The van der Waals surface area contributed by atoms with Crippen molar-refractivity contribution in [3.05, 3.63) is 30.4 Å². The van der Waals surface area contributed by atoms with Crippen LogP contribution in [0.5, 0.6) is 11.5 Å². The molecule has 6 nitrogen and oxygen atoms in total. The number of carbonyl (C=O) groups is 2. The molecule has 1 amide bonds. The monoisotopic (exact) mass is 315 g/mol. The highest BCUT2D eigenvalue weighted by atomic mass is 16.6. The van der Waals surface area contributed by atoms with E-state index in [-0.39, 0.29) is 17.7 Å². The molecule has 0 aromatic heterocycles. The zero-order chi connectivity index (χ0) is 16.0. The van der Waals surface area contributed by atoms with Crippen LogP contribution in [0.25, 0.3) is 0 Å². The third kappa shape index (κ3) is 2.34. The summed E-state index contributed by atoms with van der Waals surface area (Å²) >= 11 is 0. The molecule has 1 aromatic carbocycles. The summed E-state index contributed by atoms with van der Waals surface area (Å²) in [4.78, 5) is 24.1. The number of hydrogen-bond donors (Lipinski definition) is 2. The van der Waals surface area contributed by atoms with Gasteiger partial charge in [-0.3, -0.25) is 9.59 Å². The lowest BCUT2D eigenvalue weighted by molar-refractivity contribution is -0.146. The molecule has 4 atom stereocenters. The molecule has 1 aliphatic heterocycles. The van der Waals surface area contributed by atoms with E-state index in [0.29, 0.717) is 30.4 Å². The Kier molecular flexibility index (Phi) is 3.25. The summed E-state index contributed by atoms with van der Waals surface area (Å²) in [5.74, 6) is -1.07. The SMILES string of the molecule is O=C(O)[C@@H]1[C@@H](C(=O)Nc2ccc3c(c2)OCCO3)[C@H]2C=C[C@@H]1C2. The minimum atomic E-state index is -0.899. The number of nitrogens with one attached hydrogen (secondary N) is 1. The van der Waals surface area contributed by atoms with Crippen molar-refractivity contribution in [3.63, 3.8) is 0 Å². The summed E-state index contributed by atoms with van der Waals surface area (Å²) in [5, 5.41) is 12.3. The van der Waals surface area contributed by atoms with Crippen LogP contribution in [0.15, 0.2) is 30.4 Å². The Hall–Kier alpha value is -2.50. The van der Waals surface area contributed by atoms with E-state index in [1.54, 1.807) is 18.2 Å². The van der Waals surface area contributed by atoms with Gasteiger partial charge in [0.2, 0.25) is 5.91 Å². The lowest BCUT2D eigenvalue weighted by Crippen LogP contribution is -2.36. The van der Waals surface area contributed by atoms with Crippen molar-refractivity contribution < 1.29 is 24.2 Å². The maximum absolute atomic E-state index is 12.6. The Bertz CT molecular complexity index is 698. The molecule has 1 aromatic rings. The first-order valence-corrected chi connectivity index (χ1v) is 7.75. The van der Waals surface area contributed by atoms with Gasteiger partial charge in [-0.25, -0.2) is 0 Å². The predicted octanol–water partition coefficient (Wildman–Crippen LogP) is 1.92. The number of ether oxygens (including phenoxy) is 2. The first kappa shape index (κ1) is 14.1. The second-order valence-corrected chi connectivity index (χ2v) is 6.19. The fourth-order valence-corrected chi connectivity index (χ4v) is 3.86. The number of fused-ring (bicyclic) bond motifs is 3. The number of allylic oxidation sites excluding steroid dienone is 2. The average molecular weight is 315 g/mol. The average Bonchev–Trinajstić information content (AvgIpc) is 3.15. The van der Waals surface area contributed by atoms with Crippen LogP contribution in [0.4, 0.5) is 5.69 Å². The van der Waals surface area contributed by atoms with Crippen LogP contribution < -0.4 is 14.8 Å². The molecule has 1 heterocycles. The van der Waals surface area contributed by atoms with Gasteiger partial charge >= 0.3 is 5.97 Å². The van der Waals surface area contributed by atoms with E-state index in [2.05, 4.69) is 5.32 Å². The molecule has 120 valence electrons. The number of carboxylic acids is 1. The van der Waals surface area contributed by atoms with Crippen LogP contribution in [0.2, 0.25) is 0 Å². The Morgan fingerprint density at radius 2 is 1.74 bits per heavy atom. The van der Waals surface area contributed by atoms with Crippen molar-refractivity contribution in [2.75, 3.05) is 18.5 Å². The summed E-state index contributed by atoms with van der Waals surface area (Å²) in [6.07, 6.45) is 4.64. The summed E-state index contributed by atoms with van der Waals surface area (Å²) < 4.78 is 10.9. The molecular weight excluding hydrogens is 298 g/mol. The Morgan fingerprint density at radius 1 is 1.04 bits per heavy atom. The zero-order valence-corrected chi connectivity index (χ0v) is 12.4. The molecule has 0 radical (unpaired) electrons. The molecule has 23 heavy (non-hydrogen) atoms. The van der Waals surface area contributed by atoms with Gasteiger partial charge in [-0.2, -0.15) is 0 Å². The van der Waals surface area contributed by atoms with E-state index in [9.17, 15) is 14.7 Å². The van der Waals surface area contributed by atoms with Gasteiger partial charge in [-0.15, -0.1) is 0 Å². The minimum absolute atomic E-state index is 0.0123. The molecule has 0 saturated heterocycles. The van der Waals surface area contributed by atoms with Crippen LogP contribution in [0, 0.1) is 23.7 Å². The first-order chi connectivity index (χ1) is 11.1. The van der Waals surface area contributed by atoms with Gasteiger partial charge in [0.05, 0.1) is 11.8 Å². The fraction of sp³-hybridized carbons (Fsp3) is 0.412. The molecule has 4 rings (SSSR count). The quantitative estimate of drug-likeness (QED) is 0.832. The molecule has 0 spiro atoms. The van der Waals surface area contributed by atoms with Crippen molar-refractivity contribution in [2.45, 2.75) is 6.42 Å². The lowest BCUT2D eigenvalue weighted by Gasteiger charge is -2.24. The van der Waals surface area contributed by atoms with Crippen LogP contribution in [-0.4, -0.2) is 30.2 Å². The van der Waals surface area contributed by atoms with Crippen molar-refractivity contribution >= 4 is 17.6 Å². The number of hydrogen-bond acceptors (Lipinski definition) is 4. The van der Waals surface area contributed by atoms with Crippen LogP contribution in [-0.2, 0) is 9.59 Å². The molecule has 6 heteroatoms. The summed E-state index contributed by atoms with van der Waals surface area (Å²) in [6.45, 7) is 0.985. The maximum Gasteiger partial charge on any atom is 0.307 e. The molecule has 1 saturated carbocycles. The van der Waals surface area contributed by atoms with Gasteiger partial charge in [0.25, 0.3) is 0 Å². The Labute approximate surface area is 133 Å². The summed E-state index contributed by atoms with van der Waals surface area (Å²) in [5.41, 5.74) is 0.593. The van der Waals surface area contributed by atoms with Crippen LogP contribution in [0.1, 0.15) is 6.42 Å². The maximum atomic E-state index is 12.6. The van der Waals surface area contributed by atoms with Crippen molar-refractivity contribution in [2.24, 2.45) is 23.7 Å². The largest absolute Gasteiger partial charge is 0.486 e. The number of anilines is 1. The lowest BCUT2D eigenvalue weighted by atomic mass is 9.82. The van der Waals surface area contributed by atoms with Gasteiger partial charge in [0, 0.05) is 11.8 Å². The van der Waals surface area contributed by atoms with Gasteiger partial charge in [0.15, 0.2) is 11.5 Å². The third-order valence-electron chi connectivity index (χ3n) is 4.86. The van der Waals surface area contributed by atoms with E-state index in [0.717, 1.165) is 6.42 Å². The highest BCUT2D eigenvalue weighted by Crippen LogP contribution is 2.48. The number of carboxylic acid groups (broad SMARTS) is 1. The standard InChI is InChI=1S/C17H17NO5/c19-16(14-9-1-2-10(7-9)15(14)17(20)21)18-11-3-4-12-13(8-11)23-6-5-22-12/h1-4,8-10,14-15H,5-7H2,(H,18,19)(H,20,21)/t9-,10+,14-,15-/m0/s1. The van der Waals surface area contributed by atoms with Crippen molar-refractivity contribution in [3.8, 4) is 11.5 Å². The third-order valence-corrected chi connectivity index (χ3v) is 4.86. The van der Waals surface area contributed by atoms with Gasteiger partial charge in [-0.1, -0.05) is 12.2 Å². The molecular formula is C17H17NO5. The molecule has 2 aliphatic carbocycles. The first-order valence-electron chi connectivity index (χ1n) is 7.75. The number of benzene rings is 1. The molecule has 1 fully saturated rings. The van der Waals surface area contributed by atoms with Gasteiger partial charge in [0.1, 0.15) is 13.2 Å². The van der Waals surface area contributed by atoms with E-state index >= 15 is 0 Å². The second kappa shape index (κ2) is 5.30. The smallest absolute Gasteiger partial charge is 0.307 e. The zero-order valence-electron chi connectivity index (χ0n) is 12.4. The van der Waals surface area contributed by atoms with E-state index in [1.807, 2.05) is 12.2 Å². The molecule has 0 unspecified atom stereocenters. The Morgan fingerprint density at radius 3 is 2.48 bits per heavy atom. The number of carbonyl (C=O) groups excluding carboxylic acids is 1. The number of rotatable bonds is 3. The highest BCUT2D eigenvalue weighted by molar-refractivity contribution is 5.96. The predicted molar refractivity (Wildman–Crippen MR) is 81.4 cm³/mol. The Balaban J connectivity index is 1.54. The second-order valence-electron chi connectivity index (χ2n) is 6.19. The molecule has 2 bridgehead atoms. The van der Waals surface area contributed by atoms with Crippen molar-refractivity contribution in [1.82, 2.24) is 0 Å². The summed E-state index contributed by atoms with van der Waals surface area (Å²) in [6, 6.07) is 5.20. The fourth-order valence-electron chi connectivity index (χ4n) is 3.86. The van der Waals surface area contributed by atoms with E-state index in [1.165, 1.54) is 0 Å². The van der Waals surface area contributed by atoms with Gasteiger partial charge < -0.3 is 19.9 Å². The normalized spacial score (nSPS) is 30.3. The van der Waals surface area contributed by atoms with Gasteiger partial charge in [-0.05, 0) is 30.4 Å². The van der Waals surface area contributed by atoms with Crippen LogP contribution in [0.3, 0.4) is 0 Å². The number of amides is 1.